The fourth-order valence-corrected chi connectivity index (χ4v) is 3.23. The largest absolute Gasteiger partial charge is 0.508 e. The third-order valence-electron chi connectivity index (χ3n) is 4.41. The lowest BCUT2D eigenvalue weighted by Crippen LogP contribution is -2.40. The molecule has 0 amide bonds. The van der Waals surface area contributed by atoms with Gasteiger partial charge in [-0.15, -0.1) is 0 Å². The molecule has 0 radical (unpaired) electrons. The lowest BCUT2D eigenvalue weighted by molar-refractivity contribution is 0.473. The lowest BCUT2D eigenvalue weighted by atomic mass is 9.90. The first-order valence-electron chi connectivity index (χ1n) is 8.24. The zero-order valence-corrected chi connectivity index (χ0v) is 14.2. The summed E-state index contributed by atoms with van der Waals surface area (Å²) in [7, 11) is 0. The minimum absolute atomic E-state index is 0.0587. The van der Waals surface area contributed by atoms with Crippen molar-refractivity contribution in [2.45, 2.75) is 45.1 Å². The first kappa shape index (κ1) is 15.9. The van der Waals surface area contributed by atoms with Crippen molar-refractivity contribution in [3.05, 3.63) is 36.2 Å². The monoisotopic (exact) mass is 314 g/mol. The van der Waals surface area contributed by atoms with Crippen LogP contribution in [0, 0.1) is 0 Å². The molecule has 3 rings (SSSR count). The molecule has 0 aliphatic carbocycles. The van der Waals surface area contributed by atoms with Crippen LogP contribution >= 0.6 is 0 Å². The number of hydrogen-bond acceptors (Lipinski definition) is 4. The van der Waals surface area contributed by atoms with Crippen molar-refractivity contribution in [3.8, 4) is 11.4 Å². The van der Waals surface area contributed by atoms with Crippen molar-refractivity contribution in [3.63, 3.8) is 0 Å². The Balaban J connectivity index is 2.05. The Bertz CT molecular complexity index is 679. The van der Waals surface area contributed by atoms with E-state index in [0.29, 0.717) is 6.04 Å². The average Bonchev–Trinajstić information content (AvgIpc) is 2.93. The van der Waals surface area contributed by atoms with Crippen molar-refractivity contribution in [1.82, 2.24) is 9.78 Å². The molecule has 5 heteroatoms. The third kappa shape index (κ3) is 3.20. The number of nitrogens with two attached hydrogens (primary N) is 1. The van der Waals surface area contributed by atoms with Gasteiger partial charge in [-0.2, -0.15) is 5.10 Å². The van der Waals surface area contributed by atoms with Crippen molar-refractivity contribution in [2.24, 2.45) is 5.73 Å². The van der Waals surface area contributed by atoms with Crippen LogP contribution in [0.3, 0.4) is 0 Å². The van der Waals surface area contributed by atoms with Gasteiger partial charge in [-0.25, -0.2) is 4.68 Å². The Labute approximate surface area is 137 Å². The van der Waals surface area contributed by atoms with Crippen LogP contribution in [0.25, 0.3) is 5.69 Å². The van der Waals surface area contributed by atoms with Crippen molar-refractivity contribution in [1.29, 1.82) is 0 Å². The van der Waals surface area contributed by atoms with E-state index in [1.807, 2.05) is 23.0 Å². The van der Waals surface area contributed by atoms with E-state index < -0.39 is 0 Å². The van der Waals surface area contributed by atoms with Gasteiger partial charge in [-0.3, -0.25) is 0 Å². The molecule has 3 N–H and O–H groups in total. The highest BCUT2D eigenvalue weighted by atomic mass is 16.3. The van der Waals surface area contributed by atoms with Crippen molar-refractivity contribution < 1.29 is 5.11 Å². The van der Waals surface area contributed by atoms with E-state index in [9.17, 15) is 5.11 Å². The summed E-state index contributed by atoms with van der Waals surface area (Å²) in [6, 6.07) is 7.55. The summed E-state index contributed by atoms with van der Waals surface area (Å²) in [5.74, 6) is 0.253. The fraction of sp³-hybridized carbons (Fsp3) is 0.500. The quantitative estimate of drug-likeness (QED) is 0.894. The van der Waals surface area contributed by atoms with E-state index in [4.69, 9.17) is 5.73 Å². The first-order valence-corrected chi connectivity index (χ1v) is 8.24. The average molecular weight is 314 g/mol. The molecule has 2 heterocycles. The summed E-state index contributed by atoms with van der Waals surface area (Å²) in [6.45, 7) is 8.53. The molecule has 23 heavy (non-hydrogen) atoms. The molecular weight excluding hydrogens is 288 g/mol. The number of aromatic nitrogens is 2. The number of rotatable bonds is 2. The van der Waals surface area contributed by atoms with Gasteiger partial charge in [0, 0.05) is 30.6 Å². The molecule has 5 nitrogen and oxygen atoms in total. The molecule has 1 aromatic heterocycles. The van der Waals surface area contributed by atoms with Gasteiger partial charge in [0.2, 0.25) is 0 Å². The Morgan fingerprint density at radius 2 is 1.91 bits per heavy atom. The van der Waals surface area contributed by atoms with Crippen molar-refractivity contribution in [2.75, 3.05) is 18.0 Å². The van der Waals surface area contributed by atoms with Crippen LogP contribution in [0.4, 0.5) is 5.69 Å². The number of phenolic OH excluding ortho intramolecular Hbond substituents is 1. The number of piperidine rings is 1. The number of phenols is 1. The SMILES string of the molecule is CC(C)(C)c1c(N2CCC(N)CC2)cnn1-c1cccc(O)c1. The van der Waals surface area contributed by atoms with Crippen LogP contribution in [0.15, 0.2) is 30.5 Å². The maximum Gasteiger partial charge on any atom is 0.117 e. The maximum atomic E-state index is 9.79. The molecule has 1 aromatic carbocycles. The second-order valence-corrected chi connectivity index (χ2v) is 7.38. The second-order valence-electron chi connectivity index (χ2n) is 7.38. The van der Waals surface area contributed by atoms with Gasteiger partial charge in [-0.1, -0.05) is 26.8 Å². The molecule has 0 saturated carbocycles. The van der Waals surface area contributed by atoms with Gasteiger partial charge in [-0.05, 0) is 25.0 Å². The Morgan fingerprint density at radius 1 is 1.22 bits per heavy atom. The van der Waals surface area contributed by atoms with Crippen LogP contribution in [0.5, 0.6) is 5.75 Å². The lowest BCUT2D eigenvalue weighted by Gasteiger charge is -2.34. The highest BCUT2D eigenvalue weighted by Crippen LogP contribution is 2.35. The molecular formula is C18H26N4O. The molecule has 0 unspecified atom stereocenters. The maximum absolute atomic E-state index is 9.79. The number of anilines is 1. The van der Waals surface area contributed by atoms with Gasteiger partial charge >= 0.3 is 0 Å². The van der Waals surface area contributed by atoms with Gasteiger partial charge in [0.25, 0.3) is 0 Å². The van der Waals surface area contributed by atoms with Crippen LogP contribution < -0.4 is 10.6 Å². The zero-order chi connectivity index (χ0) is 16.6. The van der Waals surface area contributed by atoms with E-state index in [1.54, 1.807) is 12.1 Å². The molecule has 1 aliphatic rings. The summed E-state index contributed by atoms with van der Waals surface area (Å²) in [6.07, 6.45) is 3.98. The summed E-state index contributed by atoms with van der Waals surface area (Å²) in [4.78, 5) is 2.39. The first-order chi connectivity index (χ1) is 10.9. The molecule has 0 atom stereocenters. The standard InChI is InChI=1S/C18H26N4O/c1-18(2,3)17-16(21-9-7-13(19)8-10-21)12-20-22(17)14-5-4-6-15(23)11-14/h4-6,11-13,23H,7-10,19H2,1-3H3. The van der Waals surface area contributed by atoms with Gasteiger partial charge < -0.3 is 15.7 Å². The minimum atomic E-state index is -0.0587. The Hall–Kier alpha value is -2.01. The highest BCUT2D eigenvalue weighted by Gasteiger charge is 2.29. The van der Waals surface area contributed by atoms with Crippen LogP contribution in [0.2, 0.25) is 0 Å². The normalized spacial score (nSPS) is 16.8. The number of benzene rings is 1. The van der Waals surface area contributed by atoms with E-state index >= 15 is 0 Å². The second kappa shape index (κ2) is 5.89. The van der Waals surface area contributed by atoms with E-state index in [-0.39, 0.29) is 11.2 Å². The third-order valence-corrected chi connectivity index (χ3v) is 4.41. The van der Waals surface area contributed by atoms with E-state index in [2.05, 4.69) is 30.8 Å². The van der Waals surface area contributed by atoms with Crippen LogP contribution in [-0.2, 0) is 5.41 Å². The van der Waals surface area contributed by atoms with Gasteiger partial charge in [0.1, 0.15) is 5.75 Å². The number of nitrogens with zero attached hydrogens (tertiary/aromatic N) is 3. The topological polar surface area (TPSA) is 67.3 Å². The van der Waals surface area contributed by atoms with E-state index in [0.717, 1.165) is 31.6 Å². The minimum Gasteiger partial charge on any atom is -0.508 e. The predicted molar refractivity (Wildman–Crippen MR) is 93.4 cm³/mol. The van der Waals surface area contributed by atoms with Crippen LogP contribution in [-0.4, -0.2) is 34.0 Å². The smallest absolute Gasteiger partial charge is 0.117 e. The zero-order valence-electron chi connectivity index (χ0n) is 14.2. The molecule has 0 bridgehead atoms. The van der Waals surface area contributed by atoms with Gasteiger partial charge in [0.15, 0.2) is 0 Å². The summed E-state index contributed by atoms with van der Waals surface area (Å²) < 4.78 is 1.95. The van der Waals surface area contributed by atoms with Crippen molar-refractivity contribution >= 4 is 5.69 Å². The summed E-state index contributed by atoms with van der Waals surface area (Å²) in [5, 5.41) is 14.4. The highest BCUT2D eigenvalue weighted by molar-refractivity contribution is 5.56. The molecule has 1 aliphatic heterocycles. The fourth-order valence-electron chi connectivity index (χ4n) is 3.23. The van der Waals surface area contributed by atoms with E-state index in [1.165, 1.54) is 11.4 Å². The summed E-state index contributed by atoms with van der Waals surface area (Å²) in [5.41, 5.74) is 9.20. The van der Waals surface area contributed by atoms with Gasteiger partial charge in [0.05, 0.1) is 23.3 Å². The molecule has 1 fully saturated rings. The molecule has 0 spiro atoms. The Kier molecular flexibility index (Phi) is 4.06. The van der Waals surface area contributed by atoms with Crippen LogP contribution in [0.1, 0.15) is 39.3 Å². The molecule has 124 valence electrons. The number of hydrogen-bond donors (Lipinski definition) is 2. The number of aromatic hydroxyl groups is 1. The molecule has 1 saturated heterocycles. The molecule has 2 aromatic rings. The summed E-state index contributed by atoms with van der Waals surface area (Å²) >= 11 is 0. The Morgan fingerprint density at radius 3 is 2.52 bits per heavy atom. The predicted octanol–water partition coefficient (Wildman–Crippen LogP) is 2.80.